The molecule has 0 aromatic heterocycles. The predicted octanol–water partition coefficient (Wildman–Crippen LogP) is 4.04. The molecule has 3 atom stereocenters. The Hall–Kier alpha value is -0.0800. The summed E-state index contributed by atoms with van der Waals surface area (Å²) in [4.78, 5) is 0. The molecule has 1 aliphatic carbocycles. The molecular formula is C16H32O2. The van der Waals surface area contributed by atoms with Gasteiger partial charge in [0.25, 0.3) is 0 Å². The lowest BCUT2D eigenvalue weighted by molar-refractivity contribution is 0.0824. The van der Waals surface area contributed by atoms with Crippen molar-refractivity contribution in [2.24, 2.45) is 5.92 Å². The van der Waals surface area contributed by atoms with Crippen LogP contribution in [0.1, 0.15) is 84.0 Å². The monoisotopic (exact) mass is 256 g/mol. The molecule has 0 radical (unpaired) electrons. The first-order chi connectivity index (χ1) is 8.70. The minimum Gasteiger partial charge on any atom is -0.393 e. The Morgan fingerprint density at radius 2 is 1.11 bits per heavy atom. The second-order valence-electron chi connectivity index (χ2n) is 6.18. The van der Waals surface area contributed by atoms with Crippen LogP contribution in [0.15, 0.2) is 0 Å². The van der Waals surface area contributed by atoms with Crippen LogP contribution in [-0.2, 0) is 0 Å². The van der Waals surface area contributed by atoms with Crippen molar-refractivity contribution in [1.82, 2.24) is 0 Å². The average molecular weight is 256 g/mol. The molecule has 0 amide bonds. The van der Waals surface area contributed by atoms with Gasteiger partial charge in [0.2, 0.25) is 0 Å². The molecule has 0 saturated heterocycles. The number of rotatable bonds is 0. The molecule has 0 aliphatic heterocycles. The summed E-state index contributed by atoms with van der Waals surface area (Å²) in [7, 11) is 0. The molecule has 0 bridgehead atoms. The van der Waals surface area contributed by atoms with Crippen LogP contribution in [0.3, 0.4) is 0 Å². The molecule has 2 heteroatoms. The summed E-state index contributed by atoms with van der Waals surface area (Å²) >= 11 is 0. The van der Waals surface area contributed by atoms with Gasteiger partial charge in [-0.05, 0) is 31.6 Å². The minimum atomic E-state index is -0.165. The van der Waals surface area contributed by atoms with E-state index in [-0.39, 0.29) is 12.2 Å². The fourth-order valence-electron chi connectivity index (χ4n) is 2.87. The molecule has 1 fully saturated rings. The number of hydrogen-bond acceptors (Lipinski definition) is 2. The van der Waals surface area contributed by atoms with Crippen LogP contribution in [0.25, 0.3) is 0 Å². The average Bonchev–Trinajstić information content (AvgIpc) is 2.37. The van der Waals surface area contributed by atoms with Gasteiger partial charge < -0.3 is 10.2 Å². The van der Waals surface area contributed by atoms with Crippen LogP contribution in [-0.4, -0.2) is 22.4 Å². The van der Waals surface area contributed by atoms with E-state index in [0.717, 1.165) is 38.5 Å². The zero-order valence-electron chi connectivity index (χ0n) is 12.1. The Morgan fingerprint density at radius 1 is 0.611 bits per heavy atom. The Kier molecular flexibility index (Phi) is 8.70. The van der Waals surface area contributed by atoms with E-state index in [1.165, 1.54) is 38.5 Å². The van der Waals surface area contributed by atoms with E-state index >= 15 is 0 Å². The molecule has 0 aromatic rings. The zero-order valence-corrected chi connectivity index (χ0v) is 12.1. The third-order valence-corrected chi connectivity index (χ3v) is 4.40. The predicted molar refractivity (Wildman–Crippen MR) is 76.6 cm³/mol. The van der Waals surface area contributed by atoms with Crippen LogP contribution in [0.5, 0.6) is 0 Å². The van der Waals surface area contributed by atoms with E-state index in [9.17, 15) is 10.2 Å². The summed E-state index contributed by atoms with van der Waals surface area (Å²) in [6.45, 7) is 2.12. The zero-order chi connectivity index (χ0) is 13.2. The van der Waals surface area contributed by atoms with Gasteiger partial charge in [-0.3, -0.25) is 0 Å². The van der Waals surface area contributed by atoms with Gasteiger partial charge in [0, 0.05) is 0 Å². The van der Waals surface area contributed by atoms with E-state index in [1.54, 1.807) is 0 Å². The lowest BCUT2D eigenvalue weighted by atomic mass is 9.92. The van der Waals surface area contributed by atoms with Crippen molar-refractivity contribution in [2.45, 2.75) is 96.2 Å². The summed E-state index contributed by atoms with van der Waals surface area (Å²) in [5, 5.41) is 19.9. The number of aliphatic hydroxyl groups excluding tert-OH is 2. The van der Waals surface area contributed by atoms with E-state index in [1.807, 2.05) is 0 Å². The molecule has 0 heterocycles. The summed E-state index contributed by atoms with van der Waals surface area (Å²) in [6.07, 6.45) is 13.6. The molecule has 0 spiro atoms. The molecule has 18 heavy (non-hydrogen) atoms. The van der Waals surface area contributed by atoms with Crippen molar-refractivity contribution in [1.29, 1.82) is 0 Å². The summed E-state index contributed by atoms with van der Waals surface area (Å²) in [5.74, 6) is 0.338. The minimum absolute atomic E-state index is 0.148. The maximum atomic E-state index is 10.0. The van der Waals surface area contributed by atoms with Gasteiger partial charge in [-0.15, -0.1) is 0 Å². The van der Waals surface area contributed by atoms with Crippen molar-refractivity contribution in [3.8, 4) is 0 Å². The maximum Gasteiger partial charge on any atom is 0.0565 e. The normalized spacial score (nSPS) is 34.5. The van der Waals surface area contributed by atoms with Crippen molar-refractivity contribution in [3.05, 3.63) is 0 Å². The van der Waals surface area contributed by atoms with Gasteiger partial charge >= 0.3 is 0 Å². The topological polar surface area (TPSA) is 40.5 Å². The first-order valence-electron chi connectivity index (χ1n) is 8.06. The van der Waals surface area contributed by atoms with Crippen molar-refractivity contribution < 1.29 is 10.2 Å². The fraction of sp³-hybridized carbons (Fsp3) is 1.00. The molecule has 2 N–H and O–H groups in total. The van der Waals surface area contributed by atoms with Gasteiger partial charge in [0.1, 0.15) is 0 Å². The van der Waals surface area contributed by atoms with Crippen molar-refractivity contribution in [3.63, 3.8) is 0 Å². The fourth-order valence-corrected chi connectivity index (χ4v) is 2.87. The Balaban J connectivity index is 2.31. The largest absolute Gasteiger partial charge is 0.393 e. The second-order valence-corrected chi connectivity index (χ2v) is 6.18. The Labute approximate surface area is 113 Å². The molecular weight excluding hydrogens is 224 g/mol. The SMILES string of the molecule is CC1CCC(O)CCCCCCCCCCC1O. The van der Waals surface area contributed by atoms with E-state index in [2.05, 4.69) is 6.92 Å². The van der Waals surface area contributed by atoms with E-state index in [0.29, 0.717) is 5.92 Å². The third-order valence-electron chi connectivity index (χ3n) is 4.40. The summed E-state index contributed by atoms with van der Waals surface area (Å²) in [5.41, 5.74) is 0. The Morgan fingerprint density at radius 3 is 1.72 bits per heavy atom. The summed E-state index contributed by atoms with van der Waals surface area (Å²) < 4.78 is 0. The first kappa shape index (κ1) is 16.0. The van der Waals surface area contributed by atoms with Crippen LogP contribution in [0, 0.1) is 5.92 Å². The van der Waals surface area contributed by atoms with Gasteiger partial charge in [-0.1, -0.05) is 58.3 Å². The van der Waals surface area contributed by atoms with Crippen LogP contribution >= 0.6 is 0 Å². The van der Waals surface area contributed by atoms with E-state index < -0.39 is 0 Å². The highest BCUT2D eigenvalue weighted by atomic mass is 16.3. The van der Waals surface area contributed by atoms with Crippen LogP contribution < -0.4 is 0 Å². The molecule has 1 saturated carbocycles. The van der Waals surface area contributed by atoms with Crippen molar-refractivity contribution in [2.75, 3.05) is 0 Å². The van der Waals surface area contributed by atoms with Gasteiger partial charge in [-0.2, -0.15) is 0 Å². The highest BCUT2D eigenvalue weighted by Gasteiger charge is 2.15. The maximum absolute atomic E-state index is 10.0. The smallest absolute Gasteiger partial charge is 0.0565 e. The molecule has 3 unspecified atom stereocenters. The van der Waals surface area contributed by atoms with Crippen LogP contribution in [0.4, 0.5) is 0 Å². The first-order valence-corrected chi connectivity index (χ1v) is 8.06. The molecule has 108 valence electrons. The van der Waals surface area contributed by atoms with Crippen LogP contribution in [0.2, 0.25) is 0 Å². The van der Waals surface area contributed by atoms with Crippen molar-refractivity contribution >= 4 is 0 Å². The van der Waals surface area contributed by atoms with Gasteiger partial charge in [0.15, 0.2) is 0 Å². The standard InChI is InChI=1S/C16H32O2/c1-14-12-13-15(17)10-8-6-4-2-3-5-7-9-11-16(14)18/h14-18H,2-13H2,1H3. The molecule has 2 nitrogen and oxygen atoms in total. The molecule has 1 rings (SSSR count). The van der Waals surface area contributed by atoms with Gasteiger partial charge in [0.05, 0.1) is 12.2 Å². The lowest BCUT2D eigenvalue weighted by Crippen LogP contribution is -2.19. The summed E-state index contributed by atoms with van der Waals surface area (Å²) in [6, 6.07) is 0. The Bertz CT molecular complexity index is 194. The third kappa shape index (κ3) is 7.38. The number of aliphatic hydroxyl groups is 2. The lowest BCUT2D eigenvalue weighted by Gasteiger charge is -2.20. The molecule has 1 aliphatic rings. The highest BCUT2D eigenvalue weighted by Crippen LogP contribution is 2.20. The van der Waals surface area contributed by atoms with Gasteiger partial charge in [-0.25, -0.2) is 0 Å². The number of hydrogen-bond donors (Lipinski definition) is 2. The molecule has 0 aromatic carbocycles. The van der Waals surface area contributed by atoms with E-state index in [4.69, 9.17) is 0 Å². The highest BCUT2D eigenvalue weighted by molar-refractivity contribution is 4.68. The second kappa shape index (κ2) is 9.80. The quantitative estimate of drug-likeness (QED) is 0.686.